The third-order valence-corrected chi connectivity index (χ3v) is 4.92. The number of carbonyl (C=O) groups is 1. The molecule has 136 valence electrons. The van der Waals surface area contributed by atoms with Gasteiger partial charge in [0.25, 0.3) is 5.56 Å². The second kappa shape index (κ2) is 6.21. The Hall–Kier alpha value is -3.19. The Labute approximate surface area is 158 Å². The number of benzene rings is 1. The highest BCUT2D eigenvalue weighted by Crippen LogP contribution is 2.21. The van der Waals surface area contributed by atoms with E-state index in [0.29, 0.717) is 33.0 Å². The Kier molecular flexibility index (Phi) is 3.96. The van der Waals surface area contributed by atoms with Crippen LogP contribution in [0.3, 0.4) is 0 Å². The van der Waals surface area contributed by atoms with E-state index < -0.39 is 5.97 Å². The molecule has 0 aliphatic rings. The molecule has 27 heavy (non-hydrogen) atoms. The van der Waals surface area contributed by atoms with Crippen molar-refractivity contribution in [2.75, 3.05) is 7.11 Å². The highest BCUT2D eigenvalue weighted by atomic mass is 35.5. The van der Waals surface area contributed by atoms with Gasteiger partial charge in [0.1, 0.15) is 5.56 Å². The van der Waals surface area contributed by atoms with Crippen LogP contribution >= 0.6 is 11.6 Å². The number of pyridine rings is 1. The Bertz CT molecular complexity index is 1290. The van der Waals surface area contributed by atoms with Gasteiger partial charge in [-0.25, -0.2) is 14.3 Å². The number of methoxy groups -OCH3 is 1. The van der Waals surface area contributed by atoms with Crippen molar-refractivity contribution in [3.05, 3.63) is 68.9 Å². The number of aromatic nitrogens is 4. The van der Waals surface area contributed by atoms with Gasteiger partial charge in [-0.2, -0.15) is 5.10 Å². The number of rotatable bonds is 2. The molecule has 0 radical (unpaired) electrons. The first-order chi connectivity index (χ1) is 12.9. The van der Waals surface area contributed by atoms with E-state index in [9.17, 15) is 9.59 Å². The average molecular weight is 383 g/mol. The molecule has 0 spiro atoms. The van der Waals surface area contributed by atoms with Crippen LogP contribution in [-0.4, -0.2) is 32.2 Å². The van der Waals surface area contributed by atoms with E-state index in [1.54, 1.807) is 25.3 Å². The number of carbonyl (C=O) groups excluding carboxylic acids is 1. The zero-order valence-electron chi connectivity index (χ0n) is 14.9. The lowest BCUT2D eigenvalue weighted by molar-refractivity contribution is 0.0602. The molecule has 0 saturated carbocycles. The molecular weight excluding hydrogens is 368 g/mol. The Morgan fingerprint density at radius 2 is 2.00 bits per heavy atom. The molecule has 8 heteroatoms. The fourth-order valence-corrected chi connectivity index (χ4v) is 3.23. The van der Waals surface area contributed by atoms with E-state index in [-0.39, 0.29) is 11.1 Å². The third-order valence-electron chi connectivity index (χ3n) is 4.51. The normalized spacial score (nSPS) is 11.3. The summed E-state index contributed by atoms with van der Waals surface area (Å²) in [4.78, 5) is 29.3. The lowest BCUT2D eigenvalue weighted by Crippen LogP contribution is -2.19. The maximum atomic E-state index is 13.0. The maximum Gasteiger partial charge on any atom is 0.343 e. The Morgan fingerprint density at radius 3 is 2.70 bits per heavy atom. The number of aryl methyl sites for hydroxylation is 2. The number of ether oxygens (including phenoxy) is 1. The summed E-state index contributed by atoms with van der Waals surface area (Å²) in [6.45, 7) is 3.59. The van der Waals surface area contributed by atoms with Crippen LogP contribution in [-0.2, 0) is 4.74 Å². The summed E-state index contributed by atoms with van der Waals surface area (Å²) in [7, 11) is 1.30. The predicted molar refractivity (Wildman–Crippen MR) is 102 cm³/mol. The maximum absolute atomic E-state index is 13.0. The molecule has 4 rings (SSSR count). The van der Waals surface area contributed by atoms with Crippen LogP contribution < -0.4 is 5.56 Å². The van der Waals surface area contributed by atoms with Crippen molar-refractivity contribution in [1.29, 1.82) is 0 Å². The van der Waals surface area contributed by atoms with Crippen LogP contribution in [0.1, 0.15) is 21.6 Å². The first kappa shape index (κ1) is 17.2. The zero-order valence-corrected chi connectivity index (χ0v) is 15.6. The summed E-state index contributed by atoms with van der Waals surface area (Å²) in [6.07, 6.45) is 3.10. The second-order valence-electron chi connectivity index (χ2n) is 6.17. The second-order valence-corrected chi connectivity index (χ2v) is 6.58. The summed E-state index contributed by atoms with van der Waals surface area (Å²) in [5.74, 6) is -0.517. The molecule has 0 N–H and O–H groups in total. The van der Waals surface area contributed by atoms with Gasteiger partial charge < -0.3 is 4.74 Å². The molecule has 0 aliphatic heterocycles. The predicted octanol–water partition coefficient (Wildman–Crippen LogP) is 3.09. The van der Waals surface area contributed by atoms with E-state index in [4.69, 9.17) is 16.3 Å². The summed E-state index contributed by atoms with van der Waals surface area (Å²) < 4.78 is 7.80. The van der Waals surface area contributed by atoms with E-state index in [2.05, 4.69) is 10.1 Å². The van der Waals surface area contributed by atoms with Gasteiger partial charge in [-0.1, -0.05) is 17.7 Å². The lowest BCUT2D eigenvalue weighted by Gasteiger charge is -2.09. The van der Waals surface area contributed by atoms with Crippen LogP contribution in [0.25, 0.3) is 22.2 Å². The molecule has 4 aromatic rings. The molecule has 0 aliphatic carbocycles. The SMILES string of the molecule is COC(=O)c1c(C)nn2c1ncc1c(=O)n(-c3ccc(C)c(Cl)c3)ccc12. The minimum Gasteiger partial charge on any atom is -0.465 e. The minimum absolute atomic E-state index is 0.255. The van der Waals surface area contributed by atoms with E-state index >= 15 is 0 Å². The summed E-state index contributed by atoms with van der Waals surface area (Å²) >= 11 is 6.19. The van der Waals surface area contributed by atoms with Gasteiger partial charge in [0.05, 0.1) is 29.4 Å². The number of halogens is 1. The molecule has 1 aromatic carbocycles. The molecule has 0 bridgehead atoms. The van der Waals surface area contributed by atoms with Gasteiger partial charge in [-0.15, -0.1) is 0 Å². The van der Waals surface area contributed by atoms with E-state index in [1.165, 1.54) is 22.4 Å². The highest BCUT2D eigenvalue weighted by Gasteiger charge is 2.21. The topological polar surface area (TPSA) is 78.5 Å². The van der Waals surface area contributed by atoms with Crippen molar-refractivity contribution < 1.29 is 9.53 Å². The van der Waals surface area contributed by atoms with Gasteiger partial charge in [0.2, 0.25) is 0 Å². The van der Waals surface area contributed by atoms with E-state index in [0.717, 1.165) is 5.56 Å². The van der Waals surface area contributed by atoms with Crippen LogP contribution in [0.4, 0.5) is 0 Å². The molecule has 0 fully saturated rings. The van der Waals surface area contributed by atoms with Gasteiger partial charge in [-0.3, -0.25) is 9.36 Å². The number of nitrogens with zero attached hydrogens (tertiary/aromatic N) is 4. The van der Waals surface area contributed by atoms with E-state index in [1.807, 2.05) is 19.1 Å². The molecule has 0 amide bonds. The summed E-state index contributed by atoms with van der Waals surface area (Å²) in [5.41, 5.74) is 3.00. The largest absolute Gasteiger partial charge is 0.465 e. The van der Waals surface area contributed by atoms with Gasteiger partial charge in [0, 0.05) is 17.4 Å². The molecule has 7 nitrogen and oxygen atoms in total. The van der Waals surface area contributed by atoms with Crippen LogP contribution in [0.2, 0.25) is 5.02 Å². The zero-order chi connectivity index (χ0) is 19.3. The highest BCUT2D eigenvalue weighted by molar-refractivity contribution is 6.31. The smallest absolute Gasteiger partial charge is 0.343 e. The molecule has 3 heterocycles. The fourth-order valence-electron chi connectivity index (χ4n) is 3.05. The third kappa shape index (κ3) is 2.59. The van der Waals surface area contributed by atoms with Crippen molar-refractivity contribution in [3.63, 3.8) is 0 Å². The first-order valence-corrected chi connectivity index (χ1v) is 8.54. The van der Waals surface area contributed by atoms with Gasteiger partial charge in [0.15, 0.2) is 5.65 Å². The molecule has 0 atom stereocenters. The first-order valence-electron chi connectivity index (χ1n) is 8.17. The van der Waals surface area contributed by atoms with Gasteiger partial charge >= 0.3 is 5.97 Å². The standard InChI is InChI=1S/C19H15ClN4O3/c1-10-4-5-12(8-14(10)20)23-7-6-15-13(18(23)25)9-21-17-16(19(26)27-3)11(2)22-24(15)17/h4-9H,1-3H3. The quantitative estimate of drug-likeness (QED) is 0.498. The van der Waals surface area contributed by atoms with Crippen molar-refractivity contribution in [2.45, 2.75) is 13.8 Å². The lowest BCUT2D eigenvalue weighted by atomic mass is 10.2. The van der Waals surface area contributed by atoms with Crippen molar-refractivity contribution in [3.8, 4) is 5.69 Å². The van der Waals surface area contributed by atoms with Crippen molar-refractivity contribution in [1.82, 2.24) is 19.2 Å². The van der Waals surface area contributed by atoms with Crippen LogP contribution in [0, 0.1) is 13.8 Å². The molecular formula is C19H15ClN4O3. The van der Waals surface area contributed by atoms with Crippen LogP contribution in [0.15, 0.2) is 41.5 Å². The average Bonchev–Trinajstić information content (AvgIpc) is 3.00. The summed E-state index contributed by atoms with van der Waals surface area (Å²) in [6, 6.07) is 7.18. The van der Waals surface area contributed by atoms with Crippen LogP contribution in [0.5, 0.6) is 0 Å². The Balaban J connectivity index is 1.99. The molecule has 3 aromatic heterocycles. The number of hydrogen-bond acceptors (Lipinski definition) is 5. The molecule has 0 unspecified atom stereocenters. The van der Waals surface area contributed by atoms with Crippen molar-refractivity contribution >= 4 is 34.1 Å². The van der Waals surface area contributed by atoms with Crippen molar-refractivity contribution in [2.24, 2.45) is 0 Å². The summed E-state index contributed by atoms with van der Waals surface area (Å²) in [5, 5.41) is 5.32. The minimum atomic E-state index is -0.517. The number of fused-ring (bicyclic) bond motifs is 3. The molecule has 0 saturated heterocycles. The number of esters is 1. The van der Waals surface area contributed by atoms with Gasteiger partial charge in [-0.05, 0) is 37.6 Å². The monoisotopic (exact) mass is 382 g/mol. The number of hydrogen-bond donors (Lipinski definition) is 0. The fraction of sp³-hybridized carbons (Fsp3) is 0.158. The Morgan fingerprint density at radius 1 is 1.22 bits per heavy atom.